The zero-order valence-electron chi connectivity index (χ0n) is 11.3. The molecule has 0 aliphatic heterocycles. The van der Waals surface area contributed by atoms with E-state index >= 15 is 0 Å². The summed E-state index contributed by atoms with van der Waals surface area (Å²) in [4.78, 5) is 4.36. The van der Waals surface area contributed by atoms with E-state index in [0.29, 0.717) is 16.5 Å². The Balaban J connectivity index is 2.23. The third-order valence-corrected chi connectivity index (χ3v) is 3.32. The van der Waals surface area contributed by atoms with Gasteiger partial charge in [-0.1, -0.05) is 41.9 Å². The second kappa shape index (κ2) is 5.89. The number of hydrogen-bond donors (Lipinski definition) is 0. The van der Waals surface area contributed by atoms with Crippen molar-refractivity contribution in [2.45, 2.75) is 0 Å². The first kappa shape index (κ1) is 13.5. The van der Waals surface area contributed by atoms with Gasteiger partial charge in [0, 0.05) is 16.1 Å². The summed E-state index contributed by atoms with van der Waals surface area (Å²) in [5, 5.41) is 8.72. The summed E-state index contributed by atoms with van der Waals surface area (Å²) in [5.41, 5.74) is 3.11. The molecule has 0 aliphatic carbocycles. The molecule has 3 aromatic rings. The van der Waals surface area contributed by atoms with E-state index in [0.717, 1.165) is 16.8 Å². The van der Waals surface area contributed by atoms with Gasteiger partial charge in [0.2, 0.25) is 0 Å². The van der Waals surface area contributed by atoms with Gasteiger partial charge in [-0.25, -0.2) is 4.98 Å². The first-order valence-electron chi connectivity index (χ1n) is 6.36. The van der Waals surface area contributed by atoms with E-state index in [-0.39, 0.29) is 0 Å². The largest absolute Gasteiger partial charge is 0.496 e. The second-order valence-corrected chi connectivity index (χ2v) is 4.80. The lowest BCUT2D eigenvalue weighted by molar-refractivity contribution is 0.416. The highest BCUT2D eigenvalue weighted by Crippen LogP contribution is 2.35. The molecule has 0 fully saturated rings. The molecule has 21 heavy (non-hydrogen) atoms. The summed E-state index contributed by atoms with van der Waals surface area (Å²) in [6.07, 6.45) is 1.43. The van der Waals surface area contributed by atoms with Crippen LogP contribution in [-0.4, -0.2) is 22.3 Å². The van der Waals surface area contributed by atoms with Gasteiger partial charge in [0.25, 0.3) is 0 Å². The van der Waals surface area contributed by atoms with Crippen molar-refractivity contribution < 1.29 is 4.74 Å². The average molecular weight is 298 g/mol. The quantitative estimate of drug-likeness (QED) is 0.736. The standard InChI is InChI=1S/C16H12ClN3O/c1-21-14-8-7-12(17)9-13(14)16-15(18-10-19-20-16)11-5-3-2-4-6-11/h2-10H,1H3. The van der Waals surface area contributed by atoms with Crippen LogP contribution in [-0.2, 0) is 0 Å². The van der Waals surface area contributed by atoms with Crippen LogP contribution < -0.4 is 4.74 Å². The predicted molar refractivity (Wildman–Crippen MR) is 82.3 cm³/mol. The maximum atomic E-state index is 6.10. The van der Waals surface area contributed by atoms with Gasteiger partial charge in [-0.3, -0.25) is 0 Å². The molecule has 3 rings (SSSR count). The normalized spacial score (nSPS) is 10.4. The molecule has 0 bridgehead atoms. The van der Waals surface area contributed by atoms with Gasteiger partial charge in [-0.05, 0) is 18.2 Å². The van der Waals surface area contributed by atoms with E-state index < -0.39 is 0 Å². The van der Waals surface area contributed by atoms with Crippen molar-refractivity contribution in [1.82, 2.24) is 15.2 Å². The molecule has 0 atom stereocenters. The topological polar surface area (TPSA) is 47.9 Å². The van der Waals surface area contributed by atoms with Crippen molar-refractivity contribution >= 4 is 11.6 Å². The molecule has 0 N–H and O–H groups in total. The van der Waals surface area contributed by atoms with Crippen LogP contribution >= 0.6 is 11.6 Å². The van der Waals surface area contributed by atoms with Gasteiger partial charge in [0.1, 0.15) is 23.5 Å². The van der Waals surface area contributed by atoms with Gasteiger partial charge < -0.3 is 4.74 Å². The summed E-state index contributed by atoms with van der Waals surface area (Å²) in [5.74, 6) is 0.680. The smallest absolute Gasteiger partial charge is 0.138 e. The van der Waals surface area contributed by atoms with E-state index in [2.05, 4.69) is 15.2 Å². The minimum Gasteiger partial charge on any atom is -0.496 e. The molecule has 0 unspecified atom stereocenters. The van der Waals surface area contributed by atoms with E-state index in [1.54, 1.807) is 25.3 Å². The van der Waals surface area contributed by atoms with E-state index in [4.69, 9.17) is 16.3 Å². The van der Waals surface area contributed by atoms with Crippen molar-refractivity contribution in [3.8, 4) is 28.3 Å². The minimum absolute atomic E-state index is 0.607. The van der Waals surface area contributed by atoms with Crippen LogP contribution in [0.5, 0.6) is 5.75 Å². The first-order chi connectivity index (χ1) is 10.3. The van der Waals surface area contributed by atoms with Crippen molar-refractivity contribution in [1.29, 1.82) is 0 Å². The average Bonchev–Trinajstić information content (AvgIpc) is 2.55. The third kappa shape index (κ3) is 2.71. The Morgan fingerprint density at radius 1 is 1.00 bits per heavy atom. The first-order valence-corrected chi connectivity index (χ1v) is 6.74. The number of ether oxygens (including phenoxy) is 1. The maximum Gasteiger partial charge on any atom is 0.138 e. The Bertz CT molecular complexity index is 762. The highest BCUT2D eigenvalue weighted by molar-refractivity contribution is 6.31. The van der Waals surface area contributed by atoms with Gasteiger partial charge in [-0.15, -0.1) is 10.2 Å². The summed E-state index contributed by atoms with van der Waals surface area (Å²) < 4.78 is 5.39. The fourth-order valence-electron chi connectivity index (χ4n) is 2.13. The van der Waals surface area contributed by atoms with E-state index in [9.17, 15) is 0 Å². The van der Waals surface area contributed by atoms with E-state index in [1.807, 2.05) is 30.3 Å². The van der Waals surface area contributed by atoms with Gasteiger partial charge in [0.05, 0.1) is 7.11 Å². The van der Waals surface area contributed by atoms with E-state index in [1.165, 1.54) is 6.33 Å². The number of nitrogens with zero attached hydrogens (tertiary/aromatic N) is 3. The van der Waals surface area contributed by atoms with Gasteiger partial charge in [-0.2, -0.15) is 0 Å². The Morgan fingerprint density at radius 3 is 2.57 bits per heavy atom. The summed E-state index contributed by atoms with van der Waals surface area (Å²) in [6.45, 7) is 0. The lowest BCUT2D eigenvalue weighted by Crippen LogP contribution is -1.97. The molecule has 5 heteroatoms. The molecule has 0 radical (unpaired) electrons. The maximum absolute atomic E-state index is 6.10. The predicted octanol–water partition coefficient (Wildman–Crippen LogP) is 3.87. The Hall–Kier alpha value is -2.46. The molecular weight excluding hydrogens is 286 g/mol. The summed E-state index contributed by atoms with van der Waals surface area (Å²) in [6, 6.07) is 15.2. The Labute approximate surface area is 127 Å². The highest BCUT2D eigenvalue weighted by atomic mass is 35.5. The van der Waals surface area contributed by atoms with Crippen molar-refractivity contribution in [3.63, 3.8) is 0 Å². The molecular formula is C16H12ClN3O. The zero-order valence-corrected chi connectivity index (χ0v) is 12.1. The number of rotatable bonds is 3. The Kier molecular flexibility index (Phi) is 3.79. The zero-order chi connectivity index (χ0) is 14.7. The van der Waals surface area contributed by atoms with Crippen LogP contribution in [0.4, 0.5) is 0 Å². The number of halogens is 1. The molecule has 0 saturated heterocycles. The van der Waals surface area contributed by atoms with Crippen molar-refractivity contribution in [2.75, 3.05) is 7.11 Å². The summed E-state index contributed by atoms with van der Waals surface area (Å²) >= 11 is 6.10. The minimum atomic E-state index is 0.607. The van der Waals surface area contributed by atoms with Crippen LogP contribution in [0.25, 0.3) is 22.5 Å². The van der Waals surface area contributed by atoms with Crippen molar-refractivity contribution in [2.24, 2.45) is 0 Å². The SMILES string of the molecule is COc1ccc(Cl)cc1-c1nncnc1-c1ccccc1. The monoisotopic (exact) mass is 297 g/mol. The molecule has 0 amide bonds. The molecule has 0 aliphatic rings. The second-order valence-electron chi connectivity index (χ2n) is 4.37. The fraction of sp³-hybridized carbons (Fsp3) is 0.0625. The van der Waals surface area contributed by atoms with Crippen LogP contribution in [0.3, 0.4) is 0 Å². The van der Waals surface area contributed by atoms with Crippen LogP contribution in [0, 0.1) is 0 Å². The lowest BCUT2D eigenvalue weighted by atomic mass is 10.0. The lowest BCUT2D eigenvalue weighted by Gasteiger charge is -2.11. The summed E-state index contributed by atoms with van der Waals surface area (Å²) in [7, 11) is 1.61. The third-order valence-electron chi connectivity index (χ3n) is 3.08. The van der Waals surface area contributed by atoms with Gasteiger partial charge >= 0.3 is 0 Å². The fourth-order valence-corrected chi connectivity index (χ4v) is 2.30. The molecule has 2 aromatic carbocycles. The number of hydrogen-bond acceptors (Lipinski definition) is 4. The molecule has 104 valence electrons. The van der Waals surface area contributed by atoms with Crippen molar-refractivity contribution in [3.05, 3.63) is 59.9 Å². The van der Waals surface area contributed by atoms with Gasteiger partial charge in [0.15, 0.2) is 0 Å². The number of benzene rings is 2. The number of methoxy groups -OCH3 is 1. The Morgan fingerprint density at radius 2 is 1.81 bits per heavy atom. The van der Waals surface area contributed by atoms with Crippen LogP contribution in [0.15, 0.2) is 54.9 Å². The molecule has 0 saturated carbocycles. The molecule has 0 spiro atoms. The highest BCUT2D eigenvalue weighted by Gasteiger charge is 2.15. The molecule has 1 heterocycles. The van der Waals surface area contributed by atoms with Crippen LogP contribution in [0.2, 0.25) is 5.02 Å². The molecule has 4 nitrogen and oxygen atoms in total. The van der Waals surface area contributed by atoms with Crippen LogP contribution in [0.1, 0.15) is 0 Å². The number of aromatic nitrogens is 3. The molecule has 1 aromatic heterocycles.